The number of nitrogens with zero attached hydrogens (tertiary/aromatic N) is 1. The lowest BCUT2D eigenvalue weighted by Crippen LogP contribution is -2.64. The number of hydrogen-bond donors (Lipinski definition) is 2. The number of unbranched alkanes of at least 4 members (excludes halogenated alkanes) is 26. The molecule has 2 saturated heterocycles. The number of cyclic esters (lactones) is 1. The van der Waals surface area contributed by atoms with Gasteiger partial charge in [0.25, 0.3) is 11.7 Å². The summed E-state index contributed by atoms with van der Waals surface area (Å²) >= 11 is 0. The average Bonchev–Trinajstić information content (AvgIpc) is 0.769. The third kappa shape index (κ3) is 35.0. The van der Waals surface area contributed by atoms with Crippen molar-refractivity contribution >= 4 is 47.3 Å². The van der Waals surface area contributed by atoms with Crippen LogP contribution in [0.2, 0.25) is 0 Å². The van der Waals surface area contributed by atoms with Crippen LogP contribution in [0.5, 0.6) is 0 Å². The van der Waals surface area contributed by atoms with E-state index in [9.17, 15) is 43.8 Å². The van der Waals surface area contributed by atoms with Gasteiger partial charge >= 0.3 is 29.8 Å². The molecule has 3 aliphatic heterocycles. The molecular formula is C86H145NO19. The molecule has 20 nitrogen and oxygen atoms in total. The van der Waals surface area contributed by atoms with E-state index in [1.54, 1.807) is 20.1 Å². The fourth-order valence-corrected chi connectivity index (χ4v) is 16.0. The number of ether oxygens (including phenoxy) is 9. The monoisotopic (exact) mass is 1500 g/mol. The number of rotatable bonds is 47. The maximum atomic E-state index is 15.3. The zero-order valence-electron chi connectivity index (χ0n) is 67.5. The van der Waals surface area contributed by atoms with E-state index in [0.29, 0.717) is 82.6 Å². The zero-order chi connectivity index (χ0) is 77.7. The van der Waals surface area contributed by atoms with Crippen LogP contribution in [0.1, 0.15) is 331 Å². The van der Waals surface area contributed by atoms with Crippen LogP contribution in [0.15, 0.2) is 36.0 Å². The summed E-state index contributed by atoms with van der Waals surface area (Å²) in [5, 5.41) is 23.1. The molecule has 2 bridgehead atoms. The zero-order valence-corrected chi connectivity index (χ0v) is 67.5. The minimum Gasteiger partial charge on any atom is -0.462 e. The van der Waals surface area contributed by atoms with Crippen LogP contribution in [0.4, 0.5) is 0 Å². The Bertz CT molecular complexity index is 2580. The summed E-state index contributed by atoms with van der Waals surface area (Å²) in [7, 11) is 4.57. The molecule has 1 saturated carbocycles. The number of aliphatic hydroxyl groups excluding tert-OH is 1. The first-order valence-electron chi connectivity index (χ1n) is 42.0. The second-order valence-corrected chi connectivity index (χ2v) is 31.8. The van der Waals surface area contributed by atoms with Crippen molar-refractivity contribution in [1.82, 2.24) is 4.90 Å². The van der Waals surface area contributed by atoms with Gasteiger partial charge in [-0.05, 0) is 128 Å². The van der Waals surface area contributed by atoms with Crippen molar-refractivity contribution in [2.24, 2.45) is 29.6 Å². The predicted octanol–water partition coefficient (Wildman–Crippen LogP) is 17.1. The number of carbonyl (C=O) groups is 8. The molecule has 14 atom stereocenters. The lowest BCUT2D eigenvalue weighted by Gasteiger charge is -2.47. The molecule has 0 aromatic rings. The van der Waals surface area contributed by atoms with Crippen molar-refractivity contribution in [2.75, 3.05) is 41.1 Å². The second-order valence-electron chi connectivity index (χ2n) is 31.8. The van der Waals surface area contributed by atoms with Crippen molar-refractivity contribution in [2.45, 2.75) is 392 Å². The number of piperidine rings is 1. The Balaban J connectivity index is 1.50. The molecule has 1 amide bonds. The molecule has 0 spiro atoms. The summed E-state index contributed by atoms with van der Waals surface area (Å²) in [5.41, 5.74) is 1.48. The van der Waals surface area contributed by atoms with Crippen LogP contribution in [0.3, 0.4) is 0 Å². The van der Waals surface area contributed by atoms with E-state index in [-0.39, 0.29) is 88.7 Å². The molecule has 3 heterocycles. The average molecular weight is 1500 g/mol. The Hall–Kier alpha value is -4.86. The first-order valence-corrected chi connectivity index (χ1v) is 42.0. The molecule has 608 valence electrons. The number of allylic oxidation sites excluding steroid dienone is 4. The van der Waals surface area contributed by atoms with Crippen molar-refractivity contribution < 1.29 is 91.2 Å². The molecular weight excluding hydrogens is 1350 g/mol. The van der Waals surface area contributed by atoms with E-state index in [0.717, 1.165) is 44.1 Å². The van der Waals surface area contributed by atoms with Gasteiger partial charge in [-0.25, -0.2) is 4.79 Å². The minimum absolute atomic E-state index is 0.0274. The highest BCUT2D eigenvalue weighted by Gasteiger charge is 2.57. The van der Waals surface area contributed by atoms with Crippen LogP contribution in [0, 0.1) is 29.6 Å². The van der Waals surface area contributed by atoms with E-state index in [2.05, 4.69) is 20.4 Å². The summed E-state index contributed by atoms with van der Waals surface area (Å²) < 4.78 is 53.9. The van der Waals surface area contributed by atoms with E-state index >= 15 is 4.79 Å². The topological polar surface area (TPSA) is 263 Å². The van der Waals surface area contributed by atoms with Crippen molar-refractivity contribution in [3.63, 3.8) is 0 Å². The van der Waals surface area contributed by atoms with Gasteiger partial charge in [0.15, 0.2) is 18.0 Å². The van der Waals surface area contributed by atoms with Crippen LogP contribution < -0.4 is 0 Å². The number of methoxy groups -OCH3 is 3. The van der Waals surface area contributed by atoms with Gasteiger partial charge in [-0.1, -0.05) is 219 Å². The van der Waals surface area contributed by atoms with Crippen molar-refractivity contribution in [3.05, 3.63) is 36.0 Å². The highest BCUT2D eigenvalue weighted by atomic mass is 16.7. The summed E-state index contributed by atoms with van der Waals surface area (Å²) in [6.07, 6.45) is 34.7. The molecule has 0 radical (unpaired) electrons. The lowest BCUT2D eigenvalue weighted by atomic mass is 9.81. The fraction of sp³-hybridized carbons (Fsp3) is 0.837. The summed E-state index contributed by atoms with van der Waals surface area (Å²) in [5.74, 6) is -10.7. The Labute approximate surface area is 638 Å². The molecule has 1 aliphatic carbocycles. The van der Waals surface area contributed by atoms with E-state index in [1.165, 1.54) is 135 Å². The highest BCUT2D eigenvalue weighted by molar-refractivity contribution is 6.39. The molecule has 106 heavy (non-hydrogen) atoms. The largest absolute Gasteiger partial charge is 0.462 e. The molecule has 3 fully saturated rings. The van der Waals surface area contributed by atoms with Gasteiger partial charge in [0.2, 0.25) is 5.79 Å². The minimum atomic E-state index is -2.58. The van der Waals surface area contributed by atoms with Crippen LogP contribution in [0.25, 0.3) is 0 Å². The number of fused-ring (bicyclic) bond motifs is 3. The van der Waals surface area contributed by atoms with Crippen LogP contribution in [-0.4, -0.2) is 164 Å². The van der Waals surface area contributed by atoms with Crippen molar-refractivity contribution in [1.29, 1.82) is 0 Å². The predicted molar refractivity (Wildman–Crippen MR) is 412 cm³/mol. The number of esters is 5. The first-order chi connectivity index (χ1) is 51.0. The molecule has 20 heteroatoms. The number of amides is 1. The van der Waals surface area contributed by atoms with Gasteiger partial charge in [-0.3, -0.25) is 33.6 Å². The third-order valence-corrected chi connectivity index (χ3v) is 22.4. The molecule has 4 rings (SSSR count). The summed E-state index contributed by atoms with van der Waals surface area (Å²) in [4.78, 5) is 115. The fourth-order valence-electron chi connectivity index (χ4n) is 16.0. The van der Waals surface area contributed by atoms with Gasteiger partial charge < -0.3 is 57.7 Å². The SMILES string of the molecule is C=CC[C@@H]1/C=C(\C)C[C@H](C)C[C@H](OC)C2O[C@@](O)(C(=O)C(=O)N3CCCC[C@H]3C(=O)O[C@H](/C(C)=C/[C@@H]3CCC(O)[C@H](OC)C3)[C@H](C)C[C@H](OC(=O)CCCCCC(=O)OC(COC(=O)CCCCCCCCCCCCCCC)COC(=O)CCCCCCCCCCCCCCC)C1=O)[C@H](C)C[C@@H]2OC. The molecule has 2 unspecified atom stereocenters. The number of ketones is 2. The Morgan fingerprint density at radius 2 is 1.10 bits per heavy atom. The first kappa shape index (κ1) is 93.5. The van der Waals surface area contributed by atoms with Crippen molar-refractivity contribution in [3.8, 4) is 0 Å². The number of carbonyl (C=O) groups excluding carboxylic acids is 8. The lowest BCUT2D eigenvalue weighted by molar-refractivity contribution is -0.302. The smallest absolute Gasteiger partial charge is 0.329 e. The van der Waals surface area contributed by atoms with E-state index in [4.69, 9.17) is 42.6 Å². The van der Waals surface area contributed by atoms with Gasteiger partial charge in [0, 0.05) is 71.3 Å². The van der Waals surface area contributed by atoms with Gasteiger partial charge in [-0.2, -0.15) is 0 Å². The van der Waals surface area contributed by atoms with Crippen LogP contribution in [-0.2, 0) is 81.0 Å². The van der Waals surface area contributed by atoms with E-state index in [1.807, 2.05) is 39.8 Å². The van der Waals surface area contributed by atoms with Gasteiger partial charge in [-0.15, -0.1) is 6.58 Å². The number of hydrogen-bond acceptors (Lipinski definition) is 19. The number of aliphatic hydroxyl groups is 2. The summed E-state index contributed by atoms with van der Waals surface area (Å²) in [6.45, 7) is 17.2. The second kappa shape index (κ2) is 53.9. The van der Waals surface area contributed by atoms with E-state index < -0.39 is 120 Å². The summed E-state index contributed by atoms with van der Waals surface area (Å²) in [6, 6.07) is -1.23. The maximum Gasteiger partial charge on any atom is 0.329 e. The quantitative estimate of drug-likeness (QED) is 0.0188. The maximum absolute atomic E-state index is 15.3. The standard InChI is InChI=1S/C86H145NO19/c1-12-15-17-19-21-23-25-27-29-31-33-35-38-46-76(89)101-60-69(61-102-77(90)47-39-36-34-32-30-28-26-24-22-20-18-16-13-2)103-78(91)48-40-37-41-49-79(92)104-73-57-65(7)81(64(6)56-67-50-51-71(88)72(59-67)98-9)105-85(96)70-45-42-43-52-87(70)84(95)83(94)86(97)66(8)58-75(100-11)82(106-86)74(99-10)55-63(5)53-62(4)54-68(44-14-3)80(73)93/h14,54,56,63,65-75,81-82,88,97H,3,12-13,15-53,55,57-61H2,1-2,4-11H3/b62-54+,64-56+/t63-,65+,66+,67-,68+,70-,71?,72+,73-,74-,75-,81+,82?,86+/m0/s1. The Morgan fingerprint density at radius 3 is 1.61 bits per heavy atom. The Morgan fingerprint density at radius 1 is 0.623 bits per heavy atom. The molecule has 0 aromatic carbocycles. The molecule has 0 aromatic heterocycles. The highest BCUT2D eigenvalue weighted by Crippen LogP contribution is 2.40. The number of Topliss-reactive ketones (excluding diaryl/α,β-unsaturated/α-hetero) is 2. The van der Waals surface area contributed by atoms with Crippen LogP contribution >= 0.6 is 0 Å². The normalized spacial score (nSPS) is 27.3. The molecule has 4 aliphatic rings. The third-order valence-electron chi connectivity index (χ3n) is 22.4. The van der Waals surface area contributed by atoms with Gasteiger partial charge in [0.1, 0.15) is 31.5 Å². The van der Waals surface area contributed by atoms with Gasteiger partial charge in [0.05, 0.1) is 24.4 Å². The Kier molecular flexibility index (Phi) is 47.5. The molecule has 2 N–H and O–H groups in total.